The third-order valence-electron chi connectivity index (χ3n) is 5.09. The minimum Gasteiger partial charge on any atom is -0.459 e. The lowest BCUT2D eigenvalue weighted by molar-refractivity contribution is -0.0970. The standard InChI is InChI=1S/C19H22F2N2O3/c1-22-12-6-14(7-13(22)11-25-10-12)26-19(24)16-8-23(9-18(20)21)17-5-3-2-4-15(16)17/h2-5,8,12-14,18H,6-7,9-11H2,1H3/t12-,13+,14?/i1D3. The van der Waals surface area contributed by atoms with Gasteiger partial charge in [-0.1, -0.05) is 18.2 Å². The number of likely N-dealkylation sites (N-methyl/N-ethyl adjacent to an activating group) is 1. The van der Waals surface area contributed by atoms with Crippen LogP contribution in [0.1, 0.15) is 27.3 Å². The predicted molar refractivity (Wildman–Crippen MR) is 92.5 cm³/mol. The summed E-state index contributed by atoms with van der Waals surface area (Å²) in [6.07, 6.45) is -0.872. The fourth-order valence-electron chi connectivity index (χ4n) is 3.89. The fraction of sp³-hybridized carbons (Fsp3) is 0.526. The summed E-state index contributed by atoms with van der Waals surface area (Å²) in [6.45, 7) is -2.18. The zero-order valence-corrected chi connectivity index (χ0v) is 14.1. The number of carbonyl (C=O) groups is 1. The number of rotatable bonds is 4. The van der Waals surface area contributed by atoms with Gasteiger partial charge in [-0.2, -0.15) is 0 Å². The van der Waals surface area contributed by atoms with Crippen LogP contribution in [0.3, 0.4) is 0 Å². The Balaban J connectivity index is 1.53. The summed E-state index contributed by atoms with van der Waals surface area (Å²) in [5, 5.41) is 0.557. The van der Waals surface area contributed by atoms with E-state index in [1.54, 1.807) is 24.3 Å². The first-order valence-corrected chi connectivity index (χ1v) is 8.67. The van der Waals surface area contributed by atoms with Gasteiger partial charge in [0.2, 0.25) is 0 Å². The summed E-state index contributed by atoms with van der Waals surface area (Å²) in [4.78, 5) is 14.3. The predicted octanol–water partition coefficient (Wildman–Crippen LogP) is 2.92. The largest absolute Gasteiger partial charge is 0.459 e. The van der Waals surface area contributed by atoms with Crippen molar-refractivity contribution in [2.24, 2.45) is 0 Å². The lowest BCUT2D eigenvalue weighted by atomic mass is 9.92. The molecule has 1 aromatic heterocycles. The van der Waals surface area contributed by atoms with E-state index < -0.39 is 32.0 Å². The van der Waals surface area contributed by atoms with Gasteiger partial charge in [0.05, 0.1) is 25.3 Å². The van der Waals surface area contributed by atoms with Gasteiger partial charge in [-0.25, -0.2) is 13.6 Å². The molecule has 5 nitrogen and oxygen atoms in total. The van der Waals surface area contributed by atoms with Crippen molar-refractivity contribution in [1.29, 1.82) is 0 Å². The summed E-state index contributed by atoms with van der Waals surface area (Å²) < 4.78 is 61.6. The van der Waals surface area contributed by atoms with Crippen molar-refractivity contribution in [3.63, 3.8) is 0 Å². The monoisotopic (exact) mass is 367 g/mol. The maximum Gasteiger partial charge on any atom is 0.340 e. The Bertz CT molecular complexity index is 888. The summed E-state index contributed by atoms with van der Waals surface area (Å²) in [6, 6.07) is 6.15. The van der Waals surface area contributed by atoms with Crippen molar-refractivity contribution in [3.05, 3.63) is 36.0 Å². The Hall–Kier alpha value is -1.99. The van der Waals surface area contributed by atoms with Gasteiger partial charge in [-0.3, -0.25) is 4.90 Å². The molecule has 2 bridgehead atoms. The van der Waals surface area contributed by atoms with E-state index in [0.29, 0.717) is 23.7 Å². The third kappa shape index (κ3) is 3.21. The molecule has 0 spiro atoms. The molecule has 2 aliphatic heterocycles. The molecule has 2 aromatic rings. The van der Waals surface area contributed by atoms with Crippen LogP contribution in [0.4, 0.5) is 8.78 Å². The van der Waals surface area contributed by atoms with Gasteiger partial charge >= 0.3 is 5.97 Å². The molecule has 0 aliphatic carbocycles. The molecule has 7 heteroatoms. The number of hydrogen-bond acceptors (Lipinski definition) is 4. The van der Waals surface area contributed by atoms with E-state index in [-0.39, 0.29) is 30.9 Å². The van der Waals surface area contributed by atoms with Crippen LogP contribution in [0.5, 0.6) is 0 Å². The highest BCUT2D eigenvalue weighted by atomic mass is 19.3. The molecule has 0 radical (unpaired) electrons. The summed E-state index contributed by atoms with van der Waals surface area (Å²) in [5.41, 5.74) is 0.781. The molecule has 0 saturated carbocycles. The summed E-state index contributed by atoms with van der Waals surface area (Å²) in [5.74, 6) is -0.583. The van der Waals surface area contributed by atoms with E-state index in [1.807, 2.05) is 0 Å². The zero-order valence-electron chi connectivity index (χ0n) is 17.1. The molecule has 4 rings (SSSR count). The Morgan fingerprint density at radius 3 is 2.77 bits per heavy atom. The number of hydrogen-bond donors (Lipinski definition) is 0. The molecule has 2 saturated heterocycles. The van der Waals surface area contributed by atoms with Crippen LogP contribution in [0, 0.1) is 0 Å². The van der Waals surface area contributed by atoms with Crippen LogP contribution in [-0.4, -0.2) is 60.2 Å². The second kappa shape index (κ2) is 6.96. The van der Waals surface area contributed by atoms with E-state index >= 15 is 0 Å². The highest BCUT2D eigenvalue weighted by Crippen LogP contribution is 2.30. The average molecular weight is 367 g/mol. The summed E-state index contributed by atoms with van der Waals surface area (Å²) in [7, 11) is 0. The van der Waals surface area contributed by atoms with Gasteiger partial charge in [0, 0.05) is 46.1 Å². The average Bonchev–Trinajstić information content (AvgIpc) is 2.98. The second-order valence-corrected chi connectivity index (χ2v) is 6.85. The first-order chi connectivity index (χ1) is 13.7. The molecule has 1 unspecified atom stereocenters. The topological polar surface area (TPSA) is 43.7 Å². The van der Waals surface area contributed by atoms with Gasteiger partial charge in [-0.15, -0.1) is 0 Å². The third-order valence-corrected chi connectivity index (χ3v) is 5.09. The number of ether oxygens (including phenoxy) is 2. The van der Waals surface area contributed by atoms with E-state index in [9.17, 15) is 13.6 Å². The molecule has 140 valence electrons. The van der Waals surface area contributed by atoms with E-state index in [2.05, 4.69) is 0 Å². The minimum atomic E-state index is -2.54. The Morgan fingerprint density at radius 2 is 2.08 bits per heavy atom. The second-order valence-electron chi connectivity index (χ2n) is 6.85. The SMILES string of the molecule is [2H]C([2H])([2H])N1[C@@H]2COC[C@H]1CC(OC(=O)c1cn(CC(F)F)c3ccccc13)C2. The Morgan fingerprint density at radius 1 is 1.35 bits per heavy atom. The quantitative estimate of drug-likeness (QED) is 0.780. The maximum atomic E-state index is 12.9. The minimum absolute atomic E-state index is 0.237. The van der Waals surface area contributed by atoms with Crippen LogP contribution in [0.25, 0.3) is 10.9 Å². The van der Waals surface area contributed by atoms with Crippen molar-refractivity contribution in [2.45, 2.75) is 44.0 Å². The van der Waals surface area contributed by atoms with Crippen LogP contribution in [0.2, 0.25) is 0 Å². The first kappa shape index (κ1) is 14.1. The Labute approximate surface area is 154 Å². The molecule has 0 amide bonds. The molecule has 3 heterocycles. The summed E-state index contributed by atoms with van der Waals surface area (Å²) >= 11 is 0. The molecular formula is C19H22F2N2O3. The van der Waals surface area contributed by atoms with Crippen molar-refractivity contribution in [2.75, 3.05) is 20.2 Å². The number of nitrogens with zero attached hydrogens (tertiary/aromatic N) is 2. The van der Waals surface area contributed by atoms with E-state index in [0.717, 1.165) is 0 Å². The lowest BCUT2D eigenvalue weighted by Crippen LogP contribution is -2.56. The number of benzene rings is 1. The Kier molecular flexibility index (Phi) is 3.78. The van der Waals surface area contributed by atoms with Crippen molar-refractivity contribution >= 4 is 16.9 Å². The number of fused-ring (bicyclic) bond motifs is 3. The molecule has 1 aromatic carbocycles. The van der Waals surface area contributed by atoms with Gasteiger partial charge in [0.25, 0.3) is 6.43 Å². The van der Waals surface area contributed by atoms with Gasteiger partial charge in [0.1, 0.15) is 6.10 Å². The number of esters is 1. The van der Waals surface area contributed by atoms with Crippen molar-refractivity contribution < 1.29 is 27.2 Å². The number of para-hydroxylation sites is 1. The molecule has 2 aliphatic rings. The number of halogens is 2. The van der Waals surface area contributed by atoms with Crippen molar-refractivity contribution in [3.8, 4) is 0 Å². The van der Waals surface area contributed by atoms with E-state index in [4.69, 9.17) is 13.6 Å². The normalized spacial score (nSPS) is 28.6. The highest BCUT2D eigenvalue weighted by Gasteiger charge is 2.38. The lowest BCUT2D eigenvalue weighted by Gasteiger charge is -2.46. The molecule has 3 atom stereocenters. The van der Waals surface area contributed by atoms with Crippen LogP contribution >= 0.6 is 0 Å². The fourth-order valence-corrected chi connectivity index (χ4v) is 3.89. The number of carbonyl (C=O) groups excluding carboxylic acids is 1. The number of morpholine rings is 1. The number of alkyl halides is 2. The zero-order chi connectivity index (χ0) is 20.8. The molecular weight excluding hydrogens is 342 g/mol. The number of piperidine rings is 1. The van der Waals surface area contributed by atoms with Gasteiger partial charge in [0.15, 0.2) is 0 Å². The number of aromatic nitrogens is 1. The van der Waals surface area contributed by atoms with Gasteiger partial charge in [-0.05, 0) is 13.0 Å². The molecule has 26 heavy (non-hydrogen) atoms. The maximum absolute atomic E-state index is 12.9. The van der Waals surface area contributed by atoms with Crippen LogP contribution in [0.15, 0.2) is 30.5 Å². The van der Waals surface area contributed by atoms with Crippen molar-refractivity contribution in [1.82, 2.24) is 9.47 Å². The first-order valence-electron chi connectivity index (χ1n) is 10.2. The smallest absolute Gasteiger partial charge is 0.340 e. The molecule has 2 fully saturated rings. The molecule has 0 N–H and O–H groups in total. The highest BCUT2D eigenvalue weighted by molar-refractivity contribution is 6.04. The van der Waals surface area contributed by atoms with Gasteiger partial charge < -0.3 is 14.0 Å². The van der Waals surface area contributed by atoms with Crippen LogP contribution in [-0.2, 0) is 16.0 Å². The van der Waals surface area contributed by atoms with E-state index in [1.165, 1.54) is 15.7 Å². The van der Waals surface area contributed by atoms with Crippen LogP contribution < -0.4 is 0 Å².